The van der Waals surface area contributed by atoms with Gasteiger partial charge in [-0.3, -0.25) is 10.1 Å². The van der Waals surface area contributed by atoms with Gasteiger partial charge in [-0.25, -0.2) is 9.59 Å². The number of carboxylic acid groups (broad SMARTS) is 1. The Morgan fingerprint density at radius 2 is 2.04 bits per heavy atom. The number of nitro benzene ring substituents is 1. The van der Waals surface area contributed by atoms with E-state index in [1.807, 2.05) is 0 Å². The van der Waals surface area contributed by atoms with Crippen LogP contribution < -0.4 is 10.6 Å². The summed E-state index contributed by atoms with van der Waals surface area (Å²) in [5.74, 6) is -1.30. The van der Waals surface area contributed by atoms with E-state index < -0.39 is 28.6 Å². The highest BCUT2D eigenvalue weighted by Gasteiger charge is 2.25. The molecular weight excluding hydrogens is 386 g/mol. The Bertz CT molecular complexity index is 644. The van der Waals surface area contributed by atoms with Crippen LogP contribution in [0.5, 0.6) is 0 Å². The molecule has 0 spiro atoms. The van der Waals surface area contributed by atoms with E-state index in [9.17, 15) is 19.7 Å². The van der Waals surface area contributed by atoms with Gasteiger partial charge in [0.05, 0.1) is 4.92 Å². The number of rotatable bonds is 6. The smallest absolute Gasteiger partial charge is 0.408 e. The monoisotopic (exact) mass is 403 g/mol. The molecule has 0 aliphatic heterocycles. The molecule has 1 aromatic rings. The lowest BCUT2D eigenvalue weighted by Crippen LogP contribution is -2.47. The Morgan fingerprint density at radius 1 is 1.42 bits per heavy atom. The second-order valence-corrected chi connectivity index (χ2v) is 6.75. The number of aliphatic carboxylic acids is 1. The first-order chi connectivity index (χ1) is 11.0. The molecule has 10 heteroatoms. The molecule has 0 radical (unpaired) electrons. The maximum Gasteiger partial charge on any atom is 0.408 e. The molecule has 1 amide bonds. The number of amides is 1. The number of halogens is 1. The fraction of sp³-hybridized carbons (Fsp3) is 0.429. The van der Waals surface area contributed by atoms with Crippen molar-refractivity contribution in [2.24, 2.45) is 0 Å². The number of alkyl carbamates (subject to hydrolysis) is 1. The molecule has 0 saturated heterocycles. The lowest BCUT2D eigenvalue weighted by atomic mass is 10.2. The molecule has 1 atom stereocenters. The Labute approximate surface area is 146 Å². The van der Waals surface area contributed by atoms with Gasteiger partial charge in [0, 0.05) is 17.1 Å². The van der Waals surface area contributed by atoms with Gasteiger partial charge >= 0.3 is 12.1 Å². The van der Waals surface area contributed by atoms with Crippen molar-refractivity contribution >= 4 is 39.4 Å². The molecule has 1 rings (SSSR count). The molecule has 3 N–H and O–H groups in total. The Balaban J connectivity index is 2.80. The molecule has 0 aliphatic carbocycles. The third-order valence-corrected chi connectivity index (χ3v) is 3.14. The average Bonchev–Trinajstić information content (AvgIpc) is 2.41. The lowest BCUT2D eigenvalue weighted by molar-refractivity contribution is -0.384. The summed E-state index contributed by atoms with van der Waals surface area (Å²) in [6, 6.07) is 2.99. The Hall–Kier alpha value is -2.36. The number of carbonyl (C=O) groups excluding carboxylic acids is 1. The highest BCUT2D eigenvalue weighted by molar-refractivity contribution is 9.10. The maximum absolute atomic E-state index is 11.7. The van der Waals surface area contributed by atoms with Crippen LogP contribution in [0.25, 0.3) is 0 Å². The highest BCUT2D eigenvalue weighted by Crippen LogP contribution is 2.27. The Morgan fingerprint density at radius 3 is 2.54 bits per heavy atom. The van der Waals surface area contributed by atoms with Crippen molar-refractivity contribution in [3.05, 3.63) is 32.8 Å². The number of carboxylic acids is 1. The van der Waals surface area contributed by atoms with E-state index in [1.165, 1.54) is 12.1 Å². The molecule has 0 heterocycles. The van der Waals surface area contributed by atoms with Crippen LogP contribution in [-0.4, -0.2) is 40.3 Å². The first kappa shape index (κ1) is 19.7. The van der Waals surface area contributed by atoms with Gasteiger partial charge in [-0.05, 0) is 32.9 Å². The van der Waals surface area contributed by atoms with E-state index >= 15 is 0 Å². The topological polar surface area (TPSA) is 131 Å². The van der Waals surface area contributed by atoms with E-state index in [1.54, 1.807) is 26.8 Å². The van der Waals surface area contributed by atoms with Crippen LogP contribution >= 0.6 is 15.9 Å². The molecule has 0 unspecified atom stereocenters. The number of nitro groups is 1. The summed E-state index contributed by atoms with van der Waals surface area (Å²) in [5.41, 5.74) is -0.850. The largest absolute Gasteiger partial charge is 0.480 e. The number of benzene rings is 1. The van der Waals surface area contributed by atoms with Gasteiger partial charge in [-0.1, -0.05) is 15.9 Å². The molecule has 1 aromatic carbocycles. The summed E-state index contributed by atoms with van der Waals surface area (Å²) in [6.07, 6.45) is -0.887. The molecule has 0 bridgehead atoms. The molecular formula is C14H18BrN3O6. The summed E-state index contributed by atoms with van der Waals surface area (Å²) in [7, 11) is 0. The van der Waals surface area contributed by atoms with Gasteiger partial charge in [0.1, 0.15) is 17.3 Å². The van der Waals surface area contributed by atoms with Crippen molar-refractivity contribution in [3.63, 3.8) is 0 Å². The third-order valence-electron chi connectivity index (χ3n) is 2.64. The molecule has 0 aliphatic rings. The quantitative estimate of drug-likeness (QED) is 0.491. The van der Waals surface area contributed by atoms with Gasteiger partial charge in [0.25, 0.3) is 5.69 Å². The normalized spacial score (nSPS) is 12.2. The lowest BCUT2D eigenvalue weighted by Gasteiger charge is -2.22. The van der Waals surface area contributed by atoms with Crippen molar-refractivity contribution in [1.29, 1.82) is 0 Å². The fourth-order valence-electron chi connectivity index (χ4n) is 1.67. The number of nitrogens with one attached hydrogen (secondary N) is 2. The van der Waals surface area contributed by atoms with Crippen molar-refractivity contribution in [3.8, 4) is 0 Å². The van der Waals surface area contributed by atoms with E-state index in [-0.39, 0.29) is 17.9 Å². The van der Waals surface area contributed by atoms with Crippen LogP contribution in [0.3, 0.4) is 0 Å². The Kier molecular flexibility index (Phi) is 6.52. The molecule has 0 saturated carbocycles. The van der Waals surface area contributed by atoms with E-state index in [0.29, 0.717) is 4.47 Å². The van der Waals surface area contributed by atoms with Crippen LogP contribution in [0.2, 0.25) is 0 Å². The average molecular weight is 404 g/mol. The number of hydrogen-bond donors (Lipinski definition) is 3. The summed E-state index contributed by atoms with van der Waals surface area (Å²) >= 11 is 3.13. The van der Waals surface area contributed by atoms with E-state index in [2.05, 4.69) is 26.6 Å². The molecule has 0 aromatic heterocycles. The molecule has 0 fully saturated rings. The zero-order valence-electron chi connectivity index (χ0n) is 13.3. The number of nitrogens with zero attached hydrogens (tertiary/aromatic N) is 1. The van der Waals surface area contributed by atoms with Crippen molar-refractivity contribution in [2.45, 2.75) is 32.4 Å². The first-order valence-corrected chi connectivity index (χ1v) is 7.69. The van der Waals surface area contributed by atoms with Crippen LogP contribution in [0.15, 0.2) is 22.7 Å². The van der Waals surface area contributed by atoms with E-state index in [4.69, 9.17) is 9.84 Å². The minimum Gasteiger partial charge on any atom is -0.480 e. The maximum atomic E-state index is 11.7. The van der Waals surface area contributed by atoms with Gasteiger partial charge in [-0.2, -0.15) is 0 Å². The zero-order chi connectivity index (χ0) is 18.5. The minimum atomic E-state index is -1.32. The third kappa shape index (κ3) is 6.41. The van der Waals surface area contributed by atoms with Gasteiger partial charge < -0.3 is 20.5 Å². The minimum absolute atomic E-state index is 0.139. The molecule has 132 valence electrons. The second-order valence-electron chi connectivity index (χ2n) is 5.84. The van der Waals surface area contributed by atoms with Crippen molar-refractivity contribution in [2.75, 3.05) is 11.9 Å². The van der Waals surface area contributed by atoms with Crippen LogP contribution in [0, 0.1) is 10.1 Å². The number of ether oxygens (including phenoxy) is 1. The standard InChI is InChI=1S/C14H18BrN3O6/c1-14(2,3)24-13(21)17-10(12(19)20)7-16-9-5-4-8(15)6-11(9)18(22)23/h4-6,10,16H,7H2,1-3H3,(H,17,21)(H,19,20)/t10-/m0/s1. The van der Waals surface area contributed by atoms with Crippen molar-refractivity contribution in [1.82, 2.24) is 5.32 Å². The number of carbonyl (C=O) groups is 2. The fourth-order valence-corrected chi connectivity index (χ4v) is 2.02. The highest BCUT2D eigenvalue weighted by atomic mass is 79.9. The predicted octanol–water partition coefficient (Wildman–Crippen LogP) is 2.75. The van der Waals surface area contributed by atoms with Gasteiger partial charge in [0.2, 0.25) is 0 Å². The molecule has 9 nitrogen and oxygen atoms in total. The number of anilines is 1. The zero-order valence-corrected chi connectivity index (χ0v) is 14.9. The SMILES string of the molecule is CC(C)(C)OC(=O)N[C@@H](CNc1ccc(Br)cc1[N+](=O)[O-])C(=O)O. The predicted molar refractivity (Wildman–Crippen MR) is 90.1 cm³/mol. The molecule has 24 heavy (non-hydrogen) atoms. The summed E-state index contributed by atoms with van der Waals surface area (Å²) in [5, 5.41) is 25.1. The van der Waals surface area contributed by atoms with Crippen LogP contribution in [-0.2, 0) is 9.53 Å². The van der Waals surface area contributed by atoms with Gasteiger partial charge in [0.15, 0.2) is 0 Å². The van der Waals surface area contributed by atoms with E-state index in [0.717, 1.165) is 0 Å². The second kappa shape index (κ2) is 7.95. The first-order valence-electron chi connectivity index (χ1n) is 6.90. The van der Waals surface area contributed by atoms with Crippen LogP contribution in [0.4, 0.5) is 16.2 Å². The summed E-state index contributed by atoms with van der Waals surface area (Å²) in [6.45, 7) is 4.68. The van der Waals surface area contributed by atoms with Crippen molar-refractivity contribution < 1.29 is 24.4 Å². The van der Waals surface area contributed by atoms with Crippen LogP contribution in [0.1, 0.15) is 20.8 Å². The van der Waals surface area contributed by atoms with Gasteiger partial charge in [-0.15, -0.1) is 0 Å². The summed E-state index contributed by atoms with van der Waals surface area (Å²) in [4.78, 5) is 33.3. The summed E-state index contributed by atoms with van der Waals surface area (Å²) < 4.78 is 5.51. The number of hydrogen-bond acceptors (Lipinski definition) is 6.